The molecule has 1 heterocycles. The van der Waals surface area contributed by atoms with Crippen LogP contribution in [0.25, 0.3) is 0 Å². The second-order valence-corrected chi connectivity index (χ2v) is 5.69. The molecule has 1 amide bonds. The number of rotatable bonds is 5. The first-order chi connectivity index (χ1) is 7.51. The van der Waals surface area contributed by atoms with Gasteiger partial charge in [0.05, 0.1) is 12.1 Å². The van der Waals surface area contributed by atoms with Gasteiger partial charge in [-0.1, -0.05) is 13.8 Å². The summed E-state index contributed by atoms with van der Waals surface area (Å²) >= 11 is 4.99. The molecule has 0 aliphatic rings. The first-order valence-electron chi connectivity index (χ1n) is 5.32. The Morgan fingerprint density at radius 2 is 2.19 bits per heavy atom. The molecule has 1 aromatic rings. The van der Waals surface area contributed by atoms with Crippen LogP contribution in [-0.2, 0) is 11.3 Å². The summed E-state index contributed by atoms with van der Waals surface area (Å²) in [4.78, 5) is 13.0. The van der Waals surface area contributed by atoms with Crippen molar-refractivity contribution in [3.05, 3.63) is 20.8 Å². The van der Waals surface area contributed by atoms with Crippen LogP contribution in [0.5, 0.6) is 0 Å². The van der Waals surface area contributed by atoms with Crippen LogP contribution < -0.4 is 11.1 Å². The SMILES string of the molecule is CCC(N)(CC)C(=O)NCc1cc(Br)cs1. The maximum absolute atomic E-state index is 11.9. The van der Waals surface area contributed by atoms with E-state index < -0.39 is 5.54 Å². The largest absolute Gasteiger partial charge is 0.350 e. The van der Waals surface area contributed by atoms with Crippen LogP contribution in [0.4, 0.5) is 0 Å². The third-order valence-electron chi connectivity index (χ3n) is 2.76. The smallest absolute Gasteiger partial charge is 0.240 e. The standard InChI is InChI=1S/C11H17BrN2OS/c1-3-11(13,4-2)10(15)14-6-9-5-8(12)7-16-9/h5,7H,3-4,6,13H2,1-2H3,(H,14,15). The first kappa shape index (κ1) is 13.7. The van der Waals surface area contributed by atoms with Gasteiger partial charge in [-0.15, -0.1) is 11.3 Å². The molecule has 1 aromatic heterocycles. The van der Waals surface area contributed by atoms with Gasteiger partial charge in [0.2, 0.25) is 5.91 Å². The van der Waals surface area contributed by atoms with Crippen molar-refractivity contribution in [2.24, 2.45) is 5.73 Å². The van der Waals surface area contributed by atoms with Gasteiger partial charge in [0.25, 0.3) is 0 Å². The predicted octanol–water partition coefficient (Wildman–Crippen LogP) is 2.64. The van der Waals surface area contributed by atoms with Crippen molar-refractivity contribution in [3.8, 4) is 0 Å². The average molecular weight is 305 g/mol. The molecular weight excluding hydrogens is 288 g/mol. The van der Waals surface area contributed by atoms with E-state index in [2.05, 4.69) is 21.2 Å². The number of hydrogen-bond acceptors (Lipinski definition) is 3. The molecule has 3 nitrogen and oxygen atoms in total. The molecule has 5 heteroatoms. The molecule has 0 aromatic carbocycles. The monoisotopic (exact) mass is 304 g/mol. The molecule has 0 saturated carbocycles. The lowest BCUT2D eigenvalue weighted by Crippen LogP contribution is -2.52. The second kappa shape index (κ2) is 5.80. The molecule has 0 atom stereocenters. The fourth-order valence-electron chi connectivity index (χ4n) is 1.36. The Morgan fingerprint density at radius 1 is 1.56 bits per heavy atom. The van der Waals surface area contributed by atoms with Gasteiger partial charge in [-0.2, -0.15) is 0 Å². The Balaban J connectivity index is 2.52. The van der Waals surface area contributed by atoms with Gasteiger partial charge in [0.15, 0.2) is 0 Å². The van der Waals surface area contributed by atoms with E-state index in [1.165, 1.54) is 0 Å². The minimum atomic E-state index is -0.728. The van der Waals surface area contributed by atoms with Crippen molar-refractivity contribution in [2.45, 2.75) is 38.8 Å². The highest BCUT2D eigenvalue weighted by atomic mass is 79.9. The van der Waals surface area contributed by atoms with E-state index in [0.29, 0.717) is 19.4 Å². The van der Waals surface area contributed by atoms with Gasteiger partial charge >= 0.3 is 0 Å². The Hall–Kier alpha value is -0.390. The molecule has 0 radical (unpaired) electrons. The highest BCUT2D eigenvalue weighted by Gasteiger charge is 2.29. The molecule has 0 aliphatic carbocycles. The summed E-state index contributed by atoms with van der Waals surface area (Å²) in [5.41, 5.74) is 5.26. The van der Waals surface area contributed by atoms with Gasteiger partial charge in [0, 0.05) is 14.7 Å². The molecule has 0 aliphatic heterocycles. The predicted molar refractivity (Wildman–Crippen MR) is 71.4 cm³/mol. The molecule has 0 fully saturated rings. The van der Waals surface area contributed by atoms with E-state index in [1.54, 1.807) is 11.3 Å². The van der Waals surface area contributed by atoms with E-state index in [1.807, 2.05) is 25.3 Å². The summed E-state index contributed by atoms with van der Waals surface area (Å²) in [6.45, 7) is 4.42. The summed E-state index contributed by atoms with van der Waals surface area (Å²) in [7, 11) is 0. The molecule has 16 heavy (non-hydrogen) atoms. The molecule has 0 unspecified atom stereocenters. The average Bonchev–Trinajstić information content (AvgIpc) is 2.70. The van der Waals surface area contributed by atoms with Crippen LogP contribution in [-0.4, -0.2) is 11.4 Å². The highest BCUT2D eigenvalue weighted by Crippen LogP contribution is 2.20. The van der Waals surface area contributed by atoms with Crippen molar-refractivity contribution < 1.29 is 4.79 Å². The lowest BCUT2D eigenvalue weighted by atomic mass is 9.93. The summed E-state index contributed by atoms with van der Waals surface area (Å²) in [6, 6.07) is 2.00. The fourth-order valence-corrected chi connectivity index (χ4v) is 2.75. The summed E-state index contributed by atoms with van der Waals surface area (Å²) in [5.74, 6) is -0.0676. The number of nitrogens with two attached hydrogens (primary N) is 1. The van der Waals surface area contributed by atoms with Gasteiger partial charge in [-0.3, -0.25) is 4.79 Å². The number of thiophene rings is 1. The van der Waals surface area contributed by atoms with Crippen LogP contribution >= 0.6 is 27.3 Å². The van der Waals surface area contributed by atoms with E-state index >= 15 is 0 Å². The zero-order valence-electron chi connectivity index (χ0n) is 9.55. The Morgan fingerprint density at radius 3 is 2.62 bits per heavy atom. The third kappa shape index (κ3) is 3.30. The van der Waals surface area contributed by atoms with Crippen LogP contribution in [0.15, 0.2) is 15.9 Å². The van der Waals surface area contributed by atoms with E-state index in [9.17, 15) is 4.79 Å². The molecule has 1 rings (SSSR count). The maximum Gasteiger partial charge on any atom is 0.240 e. The van der Waals surface area contributed by atoms with Crippen molar-refractivity contribution in [3.63, 3.8) is 0 Å². The second-order valence-electron chi connectivity index (χ2n) is 3.78. The minimum absolute atomic E-state index is 0.0676. The number of halogens is 1. The zero-order chi connectivity index (χ0) is 12.2. The van der Waals surface area contributed by atoms with Gasteiger partial charge in [-0.05, 0) is 34.8 Å². The number of hydrogen-bond donors (Lipinski definition) is 2. The van der Waals surface area contributed by atoms with Gasteiger partial charge in [-0.25, -0.2) is 0 Å². The Labute approximate surface area is 109 Å². The van der Waals surface area contributed by atoms with Crippen LogP contribution in [0.1, 0.15) is 31.6 Å². The maximum atomic E-state index is 11.9. The normalized spacial score (nSPS) is 11.5. The lowest BCUT2D eigenvalue weighted by molar-refractivity contribution is -0.126. The van der Waals surface area contributed by atoms with Crippen molar-refractivity contribution in [1.29, 1.82) is 0 Å². The van der Waals surface area contributed by atoms with Gasteiger partial charge < -0.3 is 11.1 Å². The summed E-state index contributed by atoms with van der Waals surface area (Å²) < 4.78 is 1.05. The van der Waals surface area contributed by atoms with Crippen LogP contribution in [0, 0.1) is 0 Å². The molecule has 0 spiro atoms. The van der Waals surface area contributed by atoms with E-state index in [0.717, 1.165) is 9.35 Å². The summed E-state index contributed by atoms with van der Waals surface area (Å²) in [5, 5.41) is 4.88. The first-order valence-corrected chi connectivity index (χ1v) is 6.99. The molecule has 90 valence electrons. The van der Waals surface area contributed by atoms with Crippen molar-refractivity contribution >= 4 is 33.2 Å². The van der Waals surface area contributed by atoms with Crippen molar-refractivity contribution in [1.82, 2.24) is 5.32 Å². The number of carbonyl (C=O) groups is 1. The topological polar surface area (TPSA) is 55.1 Å². The van der Waals surface area contributed by atoms with E-state index in [-0.39, 0.29) is 5.91 Å². The number of carbonyl (C=O) groups excluding carboxylic acids is 1. The molecule has 0 bridgehead atoms. The van der Waals surface area contributed by atoms with Gasteiger partial charge in [0.1, 0.15) is 0 Å². The molecular formula is C11H17BrN2OS. The van der Waals surface area contributed by atoms with Crippen LogP contribution in [0.3, 0.4) is 0 Å². The highest BCUT2D eigenvalue weighted by molar-refractivity contribution is 9.10. The summed E-state index contributed by atoms with van der Waals surface area (Å²) in [6.07, 6.45) is 1.31. The fraction of sp³-hybridized carbons (Fsp3) is 0.545. The van der Waals surface area contributed by atoms with E-state index in [4.69, 9.17) is 5.73 Å². The lowest BCUT2D eigenvalue weighted by Gasteiger charge is -2.24. The Kier molecular flexibility index (Phi) is 4.95. The number of nitrogens with one attached hydrogen (secondary N) is 1. The quantitative estimate of drug-likeness (QED) is 0.878. The third-order valence-corrected chi connectivity index (χ3v) is 4.46. The van der Waals surface area contributed by atoms with Crippen LogP contribution in [0.2, 0.25) is 0 Å². The molecule has 0 saturated heterocycles. The zero-order valence-corrected chi connectivity index (χ0v) is 12.0. The minimum Gasteiger partial charge on any atom is -0.350 e. The Bertz CT molecular complexity index is 361. The number of amides is 1. The molecule has 3 N–H and O–H groups in total. The van der Waals surface area contributed by atoms with Crippen molar-refractivity contribution in [2.75, 3.05) is 0 Å².